The van der Waals surface area contributed by atoms with Crippen LogP contribution in [-0.2, 0) is 4.74 Å². The Kier molecular flexibility index (Phi) is 3.28. The van der Waals surface area contributed by atoms with Gasteiger partial charge in [0.25, 0.3) is 0 Å². The van der Waals surface area contributed by atoms with Crippen LogP contribution in [0.2, 0.25) is 0 Å². The molecule has 22 heavy (non-hydrogen) atoms. The van der Waals surface area contributed by atoms with Crippen molar-refractivity contribution in [1.29, 1.82) is 0 Å². The Hall–Kier alpha value is -2.90. The summed E-state index contributed by atoms with van der Waals surface area (Å²) in [6.45, 7) is 3.93. The van der Waals surface area contributed by atoms with Crippen LogP contribution in [0.3, 0.4) is 0 Å². The normalized spacial score (nSPS) is 11.3. The van der Waals surface area contributed by atoms with E-state index >= 15 is 0 Å². The van der Waals surface area contributed by atoms with Crippen LogP contribution in [0.1, 0.15) is 24.2 Å². The number of methoxy groups -OCH3 is 1. The summed E-state index contributed by atoms with van der Waals surface area (Å²) in [6, 6.07) is 4.98. The molecule has 2 heterocycles. The van der Waals surface area contributed by atoms with Crippen LogP contribution in [0, 0.1) is 0 Å². The molecule has 3 aromatic rings. The van der Waals surface area contributed by atoms with Gasteiger partial charge in [-0.2, -0.15) is 0 Å². The predicted molar refractivity (Wildman–Crippen MR) is 81.2 cm³/mol. The summed E-state index contributed by atoms with van der Waals surface area (Å²) in [5, 5.41) is 9.56. The number of fused-ring (bicyclic) bond motifs is 3. The van der Waals surface area contributed by atoms with E-state index < -0.39 is 11.7 Å². The lowest BCUT2D eigenvalue weighted by molar-refractivity contribution is 0.0601. The molecule has 0 fully saturated rings. The fourth-order valence-corrected chi connectivity index (χ4v) is 2.26. The molecule has 0 spiro atoms. The molecule has 8 heteroatoms. The average Bonchev–Trinajstić information content (AvgIpc) is 2.88. The van der Waals surface area contributed by atoms with E-state index in [1.807, 2.05) is 13.8 Å². The molecule has 0 aliphatic rings. The minimum absolute atomic E-state index is 0.134. The molecular formula is C14H15N5O3. The summed E-state index contributed by atoms with van der Waals surface area (Å²) in [5.41, 5.74) is 1.40. The van der Waals surface area contributed by atoms with Gasteiger partial charge in [-0.3, -0.25) is 0 Å². The number of ether oxygens (including phenoxy) is 1. The molecule has 0 radical (unpaired) electrons. The van der Waals surface area contributed by atoms with Crippen molar-refractivity contribution in [3.05, 3.63) is 34.2 Å². The zero-order chi connectivity index (χ0) is 15.9. The molecule has 1 aromatic carbocycles. The number of benzene rings is 1. The summed E-state index contributed by atoms with van der Waals surface area (Å²) in [4.78, 5) is 28.2. The Bertz CT molecular complexity index is 925. The van der Waals surface area contributed by atoms with E-state index in [1.54, 1.807) is 18.2 Å². The maximum atomic E-state index is 12.1. The maximum Gasteiger partial charge on any atom is 0.348 e. The van der Waals surface area contributed by atoms with Crippen LogP contribution in [0.4, 0.5) is 5.82 Å². The molecule has 8 nitrogen and oxygen atoms in total. The van der Waals surface area contributed by atoms with Crippen molar-refractivity contribution in [3.63, 3.8) is 0 Å². The van der Waals surface area contributed by atoms with Crippen molar-refractivity contribution in [2.24, 2.45) is 0 Å². The fraction of sp³-hybridized carbons (Fsp3) is 0.286. The topological polar surface area (TPSA) is 101 Å². The molecule has 0 bridgehead atoms. The van der Waals surface area contributed by atoms with E-state index in [4.69, 9.17) is 4.74 Å². The van der Waals surface area contributed by atoms with Gasteiger partial charge in [-0.1, -0.05) is 0 Å². The summed E-state index contributed by atoms with van der Waals surface area (Å²) in [6.07, 6.45) is 0. The average molecular weight is 301 g/mol. The van der Waals surface area contributed by atoms with E-state index in [9.17, 15) is 9.59 Å². The van der Waals surface area contributed by atoms with Gasteiger partial charge in [0, 0.05) is 6.04 Å². The van der Waals surface area contributed by atoms with Gasteiger partial charge in [-0.25, -0.2) is 24.1 Å². The monoisotopic (exact) mass is 301 g/mol. The number of rotatable bonds is 3. The molecule has 114 valence electrons. The molecular weight excluding hydrogens is 286 g/mol. The highest BCUT2D eigenvalue weighted by Gasteiger charge is 2.15. The van der Waals surface area contributed by atoms with Crippen molar-refractivity contribution < 1.29 is 9.53 Å². The highest BCUT2D eigenvalue weighted by atomic mass is 16.5. The Morgan fingerprint density at radius 1 is 1.41 bits per heavy atom. The Morgan fingerprint density at radius 3 is 2.86 bits per heavy atom. The Labute approximate surface area is 125 Å². The smallest absolute Gasteiger partial charge is 0.348 e. The number of nitrogens with one attached hydrogen (secondary N) is 2. The molecule has 0 aliphatic carbocycles. The second-order valence-corrected chi connectivity index (χ2v) is 5.14. The number of aromatic amines is 1. The Morgan fingerprint density at radius 2 is 2.18 bits per heavy atom. The van der Waals surface area contributed by atoms with Gasteiger partial charge < -0.3 is 10.1 Å². The number of aromatic nitrogens is 4. The van der Waals surface area contributed by atoms with Crippen LogP contribution in [0.15, 0.2) is 23.0 Å². The predicted octanol–water partition coefficient (Wildman–Crippen LogP) is 1.18. The molecule has 2 N–H and O–H groups in total. The SMILES string of the molecule is COC(=O)c1ccc2nc(NC(C)C)c3n[nH]c(=O)n3c2c1. The van der Waals surface area contributed by atoms with E-state index in [2.05, 4.69) is 20.5 Å². The summed E-state index contributed by atoms with van der Waals surface area (Å²) in [5.74, 6) is 0.0302. The fourth-order valence-electron chi connectivity index (χ4n) is 2.26. The van der Waals surface area contributed by atoms with Crippen molar-refractivity contribution in [2.75, 3.05) is 12.4 Å². The lowest BCUT2D eigenvalue weighted by Gasteiger charge is -2.11. The Balaban J connectivity index is 2.35. The van der Waals surface area contributed by atoms with Crippen LogP contribution >= 0.6 is 0 Å². The zero-order valence-electron chi connectivity index (χ0n) is 12.4. The molecule has 0 aliphatic heterocycles. The number of carbonyl (C=O) groups excluding carboxylic acids is 1. The van der Waals surface area contributed by atoms with E-state index in [1.165, 1.54) is 11.5 Å². The third-order valence-electron chi connectivity index (χ3n) is 3.18. The van der Waals surface area contributed by atoms with Crippen LogP contribution < -0.4 is 11.0 Å². The third-order valence-corrected chi connectivity index (χ3v) is 3.18. The second kappa shape index (κ2) is 5.14. The van der Waals surface area contributed by atoms with Gasteiger partial charge in [0.2, 0.25) is 5.65 Å². The van der Waals surface area contributed by atoms with Crippen LogP contribution in [0.25, 0.3) is 16.7 Å². The standard InChI is InChI=1S/C14H15N5O3/c1-7(2)15-11-12-17-18-14(21)19(12)10-6-8(13(20)22-3)4-5-9(10)16-11/h4-7H,1-3H3,(H,15,16)(H,18,21). The van der Waals surface area contributed by atoms with E-state index in [0.717, 1.165) is 0 Å². The van der Waals surface area contributed by atoms with E-state index in [0.29, 0.717) is 28.1 Å². The molecule has 0 unspecified atom stereocenters. The number of nitrogens with zero attached hydrogens (tertiary/aromatic N) is 3. The lowest BCUT2D eigenvalue weighted by atomic mass is 10.2. The number of H-pyrrole nitrogens is 1. The molecule has 2 aromatic heterocycles. The molecule has 0 saturated carbocycles. The van der Waals surface area contributed by atoms with Gasteiger partial charge >= 0.3 is 11.7 Å². The second-order valence-electron chi connectivity index (χ2n) is 5.14. The number of hydrogen-bond donors (Lipinski definition) is 2. The highest BCUT2D eigenvalue weighted by Crippen LogP contribution is 2.20. The quantitative estimate of drug-likeness (QED) is 0.704. The first-order chi connectivity index (χ1) is 10.5. The number of hydrogen-bond acceptors (Lipinski definition) is 6. The first-order valence-corrected chi connectivity index (χ1v) is 6.77. The number of anilines is 1. The molecule has 0 atom stereocenters. The minimum atomic E-state index is -0.476. The minimum Gasteiger partial charge on any atom is -0.465 e. The first kappa shape index (κ1) is 14.1. The van der Waals surface area contributed by atoms with Crippen LogP contribution in [0.5, 0.6) is 0 Å². The molecule has 0 amide bonds. The van der Waals surface area contributed by atoms with Crippen molar-refractivity contribution in [3.8, 4) is 0 Å². The van der Waals surface area contributed by atoms with Gasteiger partial charge in [-0.05, 0) is 32.0 Å². The highest BCUT2D eigenvalue weighted by molar-refractivity contribution is 5.94. The zero-order valence-corrected chi connectivity index (χ0v) is 12.4. The summed E-state index contributed by atoms with van der Waals surface area (Å²) in [7, 11) is 1.31. The summed E-state index contributed by atoms with van der Waals surface area (Å²) >= 11 is 0. The van der Waals surface area contributed by atoms with Gasteiger partial charge in [0.1, 0.15) is 0 Å². The van der Waals surface area contributed by atoms with Gasteiger partial charge in [-0.15, -0.1) is 5.10 Å². The number of carbonyl (C=O) groups is 1. The first-order valence-electron chi connectivity index (χ1n) is 6.77. The number of esters is 1. The lowest BCUT2D eigenvalue weighted by Crippen LogP contribution is -2.16. The largest absolute Gasteiger partial charge is 0.465 e. The van der Waals surface area contributed by atoms with Crippen molar-refractivity contribution in [2.45, 2.75) is 19.9 Å². The van der Waals surface area contributed by atoms with E-state index in [-0.39, 0.29) is 6.04 Å². The van der Waals surface area contributed by atoms with Gasteiger partial charge in [0.05, 0.1) is 23.7 Å². The van der Waals surface area contributed by atoms with Gasteiger partial charge in [0.15, 0.2) is 5.82 Å². The van der Waals surface area contributed by atoms with Crippen LogP contribution in [-0.4, -0.2) is 38.7 Å². The third kappa shape index (κ3) is 2.18. The molecule has 0 saturated heterocycles. The van der Waals surface area contributed by atoms with Crippen molar-refractivity contribution in [1.82, 2.24) is 19.6 Å². The summed E-state index contributed by atoms with van der Waals surface area (Å²) < 4.78 is 6.09. The van der Waals surface area contributed by atoms with Crippen molar-refractivity contribution >= 4 is 28.5 Å². The maximum absolute atomic E-state index is 12.1. The molecule has 3 rings (SSSR count).